The Balaban J connectivity index is 1.74. The van der Waals surface area contributed by atoms with Crippen molar-refractivity contribution in [2.45, 2.75) is 24.3 Å². The first kappa shape index (κ1) is 19.1. The molecular formula is C18H19N5O2S2. The van der Waals surface area contributed by atoms with Gasteiger partial charge in [-0.3, -0.25) is 9.59 Å². The van der Waals surface area contributed by atoms with Crippen LogP contribution in [-0.2, 0) is 11.8 Å². The smallest absolute Gasteiger partial charge is 0.251 e. The van der Waals surface area contributed by atoms with E-state index in [0.29, 0.717) is 15.7 Å². The van der Waals surface area contributed by atoms with Crippen molar-refractivity contribution in [1.82, 2.24) is 14.8 Å². The standard InChI is InChI=1S/C18H19N5O2S2/c1-10-6-4-5-7-12(10)15-21-22-18(23(15)3)27-11(2)16(25)20-17-13(14(19)24)8-9-26-17/h4-9,11H,1-3H3,(H2,19,24)(H,20,25)/t11-/m0/s1. The molecule has 0 aliphatic rings. The minimum Gasteiger partial charge on any atom is -0.366 e. The van der Waals surface area contributed by atoms with E-state index in [1.54, 1.807) is 18.4 Å². The summed E-state index contributed by atoms with van der Waals surface area (Å²) < 4.78 is 1.87. The van der Waals surface area contributed by atoms with Crippen molar-refractivity contribution in [3.05, 3.63) is 46.8 Å². The van der Waals surface area contributed by atoms with Crippen molar-refractivity contribution in [1.29, 1.82) is 0 Å². The van der Waals surface area contributed by atoms with Gasteiger partial charge < -0.3 is 15.6 Å². The van der Waals surface area contributed by atoms with Crippen molar-refractivity contribution in [3.8, 4) is 11.4 Å². The molecule has 1 aromatic carbocycles. The molecule has 0 unspecified atom stereocenters. The summed E-state index contributed by atoms with van der Waals surface area (Å²) in [5.41, 5.74) is 7.73. The molecule has 0 bridgehead atoms. The van der Waals surface area contributed by atoms with Crippen LogP contribution in [0.1, 0.15) is 22.8 Å². The summed E-state index contributed by atoms with van der Waals surface area (Å²) in [6, 6.07) is 9.54. The summed E-state index contributed by atoms with van der Waals surface area (Å²) in [5.74, 6) is -0.0501. The highest BCUT2D eigenvalue weighted by Gasteiger charge is 2.21. The van der Waals surface area contributed by atoms with Gasteiger partial charge in [0.2, 0.25) is 5.91 Å². The molecule has 0 aliphatic heterocycles. The topological polar surface area (TPSA) is 103 Å². The molecule has 2 heterocycles. The minimum absolute atomic E-state index is 0.231. The number of benzene rings is 1. The zero-order valence-electron chi connectivity index (χ0n) is 15.1. The molecule has 0 saturated carbocycles. The van der Waals surface area contributed by atoms with Crippen LogP contribution in [0.25, 0.3) is 11.4 Å². The molecule has 0 radical (unpaired) electrons. The molecule has 7 nitrogen and oxygen atoms in total. The van der Waals surface area contributed by atoms with E-state index in [-0.39, 0.29) is 5.91 Å². The lowest BCUT2D eigenvalue weighted by Crippen LogP contribution is -2.24. The summed E-state index contributed by atoms with van der Waals surface area (Å²) in [7, 11) is 1.87. The molecule has 0 saturated heterocycles. The molecule has 9 heteroatoms. The first-order valence-electron chi connectivity index (χ1n) is 8.18. The Bertz CT molecular complexity index is 995. The van der Waals surface area contributed by atoms with Gasteiger partial charge in [-0.05, 0) is 30.9 Å². The number of nitrogens with zero attached hydrogens (tertiary/aromatic N) is 3. The maximum atomic E-state index is 12.5. The van der Waals surface area contributed by atoms with Gasteiger partial charge in [0.05, 0.1) is 10.8 Å². The molecule has 1 atom stereocenters. The zero-order chi connectivity index (χ0) is 19.6. The molecule has 3 rings (SSSR count). The Labute approximate surface area is 165 Å². The average molecular weight is 402 g/mol. The number of thioether (sulfide) groups is 1. The lowest BCUT2D eigenvalue weighted by molar-refractivity contribution is -0.115. The molecule has 3 aromatic rings. The SMILES string of the molecule is Cc1ccccc1-c1nnc(S[C@@H](C)C(=O)Nc2sccc2C(N)=O)n1C. The molecule has 2 aromatic heterocycles. The summed E-state index contributed by atoms with van der Waals surface area (Å²) in [4.78, 5) is 23.9. The number of rotatable bonds is 6. The average Bonchev–Trinajstić information content (AvgIpc) is 3.23. The van der Waals surface area contributed by atoms with E-state index in [4.69, 9.17) is 5.73 Å². The lowest BCUT2D eigenvalue weighted by Gasteiger charge is -2.11. The molecule has 0 spiro atoms. The maximum Gasteiger partial charge on any atom is 0.251 e. The molecule has 0 aliphatic carbocycles. The Morgan fingerprint density at radius 3 is 2.70 bits per heavy atom. The van der Waals surface area contributed by atoms with Gasteiger partial charge in [-0.15, -0.1) is 21.5 Å². The monoisotopic (exact) mass is 401 g/mol. The number of hydrogen-bond donors (Lipinski definition) is 2. The van der Waals surface area contributed by atoms with Gasteiger partial charge in [-0.2, -0.15) is 0 Å². The molecular weight excluding hydrogens is 382 g/mol. The number of carbonyl (C=O) groups excluding carboxylic acids is 2. The molecule has 27 heavy (non-hydrogen) atoms. The number of primary amides is 1. The largest absolute Gasteiger partial charge is 0.366 e. The second-order valence-corrected chi connectivity index (χ2v) is 8.18. The first-order valence-corrected chi connectivity index (χ1v) is 9.94. The number of carbonyl (C=O) groups is 2. The van der Waals surface area contributed by atoms with Crippen molar-refractivity contribution >= 4 is 39.9 Å². The fraction of sp³-hybridized carbons (Fsp3) is 0.222. The Hall–Kier alpha value is -2.65. The fourth-order valence-corrected chi connectivity index (χ4v) is 4.11. The van der Waals surface area contributed by atoms with Crippen LogP contribution in [0, 0.1) is 6.92 Å². The first-order chi connectivity index (χ1) is 12.9. The van der Waals surface area contributed by atoms with Crippen LogP contribution in [0.5, 0.6) is 0 Å². The number of amides is 2. The molecule has 140 valence electrons. The highest BCUT2D eigenvalue weighted by atomic mass is 32.2. The molecule has 2 amide bonds. The van der Waals surface area contributed by atoms with Gasteiger partial charge >= 0.3 is 0 Å². The maximum absolute atomic E-state index is 12.5. The second-order valence-electron chi connectivity index (χ2n) is 5.96. The van der Waals surface area contributed by atoms with Crippen LogP contribution in [0.3, 0.4) is 0 Å². The van der Waals surface area contributed by atoms with E-state index in [1.165, 1.54) is 23.1 Å². The van der Waals surface area contributed by atoms with Crippen molar-refractivity contribution in [3.63, 3.8) is 0 Å². The van der Waals surface area contributed by atoms with E-state index in [2.05, 4.69) is 15.5 Å². The third-order valence-corrected chi connectivity index (χ3v) is 6.00. The highest BCUT2D eigenvalue weighted by Crippen LogP contribution is 2.29. The lowest BCUT2D eigenvalue weighted by atomic mass is 10.1. The number of anilines is 1. The van der Waals surface area contributed by atoms with Crippen LogP contribution < -0.4 is 11.1 Å². The fourth-order valence-electron chi connectivity index (χ4n) is 2.50. The zero-order valence-corrected chi connectivity index (χ0v) is 16.7. The molecule has 0 fully saturated rings. The number of aryl methyl sites for hydroxylation is 1. The predicted molar refractivity (Wildman–Crippen MR) is 108 cm³/mol. The number of nitrogens with two attached hydrogens (primary N) is 1. The van der Waals surface area contributed by atoms with E-state index < -0.39 is 11.2 Å². The second kappa shape index (κ2) is 7.93. The Kier molecular flexibility index (Phi) is 5.62. The van der Waals surface area contributed by atoms with Gasteiger partial charge in [0.25, 0.3) is 5.91 Å². The summed E-state index contributed by atoms with van der Waals surface area (Å²) >= 11 is 2.56. The van der Waals surface area contributed by atoms with Gasteiger partial charge in [0.15, 0.2) is 11.0 Å². The Morgan fingerprint density at radius 2 is 2.00 bits per heavy atom. The number of hydrogen-bond acceptors (Lipinski definition) is 6. The van der Waals surface area contributed by atoms with E-state index >= 15 is 0 Å². The van der Waals surface area contributed by atoms with Crippen molar-refractivity contribution in [2.24, 2.45) is 12.8 Å². The normalized spacial score (nSPS) is 12.0. The van der Waals surface area contributed by atoms with Crippen LogP contribution in [0.2, 0.25) is 0 Å². The van der Waals surface area contributed by atoms with Crippen LogP contribution in [-0.4, -0.2) is 31.8 Å². The summed E-state index contributed by atoms with van der Waals surface area (Å²) in [6.45, 7) is 3.80. The number of thiophene rings is 1. The third kappa shape index (κ3) is 4.04. The van der Waals surface area contributed by atoms with E-state index in [9.17, 15) is 9.59 Å². The summed E-state index contributed by atoms with van der Waals surface area (Å²) in [6.07, 6.45) is 0. The van der Waals surface area contributed by atoms with E-state index in [1.807, 2.05) is 42.8 Å². The van der Waals surface area contributed by atoms with Crippen molar-refractivity contribution in [2.75, 3.05) is 5.32 Å². The van der Waals surface area contributed by atoms with Gasteiger partial charge in [0, 0.05) is 12.6 Å². The van der Waals surface area contributed by atoms with Crippen molar-refractivity contribution < 1.29 is 9.59 Å². The van der Waals surface area contributed by atoms with Gasteiger partial charge in [0.1, 0.15) is 5.00 Å². The summed E-state index contributed by atoms with van der Waals surface area (Å²) in [5, 5.41) is 13.6. The van der Waals surface area contributed by atoms with Gasteiger partial charge in [-0.25, -0.2) is 0 Å². The minimum atomic E-state index is -0.567. The van der Waals surface area contributed by atoms with Crippen LogP contribution in [0.4, 0.5) is 5.00 Å². The van der Waals surface area contributed by atoms with Crippen LogP contribution in [0.15, 0.2) is 40.9 Å². The Morgan fingerprint density at radius 1 is 1.26 bits per heavy atom. The highest BCUT2D eigenvalue weighted by molar-refractivity contribution is 8.00. The van der Waals surface area contributed by atoms with Gasteiger partial charge in [-0.1, -0.05) is 36.0 Å². The quantitative estimate of drug-likeness (QED) is 0.618. The van der Waals surface area contributed by atoms with Crippen LogP contribution >= 0.6 is 23.1 Å². The molecule has 3 N–H and O–H groups in total. The van der Waals surface area contributed by atoms with E-state index in [0.717, 1.165) is 17.0 Å². The number of aromatic nitrogens is 3. The predicted octanol–water partition coefficient (Wildman–Crippen LogP) is 3.07. The number of nitrogens with one attached hydrogen (secondary N) is 1. The third-order valence-electron chi connectivity index (χ3n) is 4.04.